The summed E-state index contributed by atoms with van der Waals surface area (Å²) in [5, 5.41) is 7.90. The number of amides is 4. The van der Waals surface area contributed by atoms with Crippen molar-refractivity contribution in [2.75, 3.05) is 36.5 Å². The van der Waals surface area contributed by atoms with Gasteiger partial charge in [0.1, 0.15) is 18.5 Å². The van der Waals surface area contributed by atoms with Gasteiger partial charge in [0, 0.05) is 24.7 Å². The van der Waals surface area contributed by atoms with Gasteiger partial charge in [0.25, 0.3) is 11.8 Å². The molecule has 9 nitrogen and oxygen atoms in total. The number of ether oxygens (including phenoxy) is 1. The Morgan fingerprint density at radius 1 is 1.23 bits per heavy atom. The molecule has 0 spiro atoms. The maximum atomic E-state index is 14.8. The SMILES string of the molecule is O=C(NC[C@@H](NC(=O)C1CCC1)C(=O)Nc1ccc(N2CCOCC2=O)c(F)c1)c1ccc(Cl)s1. The fraction of sp³-hybridized carbons (Fsp3) is 0.391. The summed E-state index contributed by atoms with van der Waals surface area (Å²) in [4.78, 5) is 51.5. The van der Waals surface area contributed by atoms with Gasteiger partial charge in [0.15, 0.2) is 0 Å². The molecule has 0 radical (unpaired) electrons. The number of halogens is 2. The number of benzene rings is 1. The molecule has 35 heavy (non-hydrogen) atoms. The van der Waals surface area contributed by atoms with Crippen molar-refractivity contribution in [1.29, 1.82) is 0 Å². The van der Waals surface area contributed by atoms with Crippen LogP contribution in [-0.4, -0.2) is 56.0 Å². The van der Waals surface area contributed by atoms with Crippen molar-refractivity contribution in [1.82, 2.24) is 10.6 Å². The van der Waals surface area contributed by atoms with Crippen LogP contribution >= 0.6 is 22.9 Å². The minimum atomic E-state index is -1.08. The second-order valence-electron chi connectivity index (χ2n) is 8.26. The van der Waals surface area contributed by atoms with E-state index in [9.17, 15) is 23.6 Å². The van der Waals surface area contributed by atoms with Crippen molar-refractivity contribution < 1.29 is 28.3 Å². The molecule has 0 bridgehead atoms. The average molecular weight is 523 g/mol. The molecule has 3 N–H and O–H groups in total. The predicted octanol–water partition coefficient (Wildman–Crippen LogP) is 2.56. The molecular formula is C23H24ClFN4O5S. The Morgan fingerprint density at radius 2 is 2.03 bits per heavy atom. The van der Waals surface area contributed by atoms with Crippen LogP contribution in [0.4, 0.5) is 15.8 Å². The largest absolute Gasteiger partial charge is 0.370 e. The van der Waals surface area contributed by atoms with E-state index in [-0.39, 0.29) is 48.8 Å². The number of hydrogen-bond donors (Lipinski definition) is 3. The van der Waals surface area contributed by atoms with Crippen LogP contribution in [-0.2, 0) is 19.1 Å². The summed E-state index contributed by atoms with van der Waals surface area (Å²) >= 11 is 6.97. The van der Waals surface area contributed by atoms with E-state index >= 15 is 0 Å². The zero-order valence-corrected chi connectivity index (χ0v) is 20.2. The highest BCUT2D eigenvalue weighted by Gasteiger charge is 2.30. The highest BCUT2D eigenvalue weighted by atomic mass is 35.5. The molecule has 1 aromatic heterocycles. The Kier molecular flexibility index (Phi) is 7.99. The highest BCUT2D eigenvalue weighted by molar-refractivity contribution is 7.18. The van der Waals surface area contributed by atoms with Crippen molar-refractivity contribution in [2.24, 2.45) is 5.92 Å². The zero-order valence-electron chi connectivity index (χ0n) is 18.6. The molecule has 12 heteroatoms. The first-order valence-electron chi connectivity index (χ1n) is 11.1. The summed E-state index contributed by atoms with van der Waals surface area (Å²) in [6.45, 7) is 0.243. The summed E-state index contributed by atoms with van der Waals surface area (Å²) < 4.78 is 20.3. The number of hydrogen-bond acceptors (Lipinski definition) is 6. The number of morpholine rings is 1. The monoisotopic (exact) mass is 522 g/mol. The Labute approximate surface area is 209 Å². The molecule has 1 aliphatic carbocycles. The van der Waals surface area contributed by atoms with Crippen LogP contribution in [0.3, 0.4) is 0 Å². The lowest BCUT2D eigenvalue weighted by molar-refractivity contribution is -0.131. The minimum Gasteiger partial charge on any atom is -0.370 e. The van der Waals surface area contributed by atoms with Gasteiger partial charge in [-0.3, -0.25) is 19.2 Å². The van der Waals surface area contributed by atoms with E-state index in [4.69, 9.17) is 16.3 Å². The number of anilines is 2. The third kappa shape index (κ3) is 6.16. The summed E-state index contributed by atoms with van der Waals surface area (Å²) in [5.74, 6) is -2.51. The van der Waals surface area contributed by atoms with E-state index in [1.54, 1.807) is 12.1 Å². The fourth-order valence-electron chi connectivity index (χ4n) is 3.69. The molecule has 1 saturated heterocycles. The van der Waals surface area contributed by atoms with Crippen molar-refractivity contribution >= 4 is 57.9 Å². The summed E-state index contributed by atoms with van der Waals surface area (Å²) in [6.07, 6.45) is 2.43. The molecule has 2 fully saturated rings. The third-order valence-electron chi connectivity index (χ3n) is 5.86. The van der Waals surface area contributed by atoms with E-state index in [1.807, 2.05) is 0 Å². The lowest BCUT2D eigenvalue weighted by Gasteiger charge is -2.28. The highest BCUT2D eigenvalue weighted by Crippen LogP contribution is 2.27. The Balaban J connectivity index is 1.43. The molecule has 2 heterocycles. The number of carbonyl (C=O) groups excluding carboxylic acids is 4. The lowest BCUT2D eigenvalue weighted by atomic mass is 9.84. The van der Waals surface area contributed by atoms with Crippen LogP contribution in [0.15, 0.2) is 30.3 Å². The molecule has 186 valence electrons. The predicted molar refractivity (Wildman–Crippen MR) is 129 cm³/mol. The number of nitrogens with zero attached hydrogens (tertiary/aromatic N) is 1. The molecular weight excluding hydrogens is 499 g/mol. The first-order valence-corrected chi connectivity index (χ1v) is 12.3. The zero-order chi connectivity index (χ0) is 24.9. The van der Waals surface area contributed by atoms with Crippen LogP contribution in [0.2, 0.25) is 4.34 Å². The van der Waals surface area contributed by atoms with Crippen LogP contribution in [0.25, 0.3) is 0 Å². The molecule has 4 amide bonds. The molecule has 4 rings (SSSR count). The Morgan fingerprint density at radius 3 is 2.66 bits per heavy atom. The minimum absolute atomic E-state index is 0.0907. The molecule has 1 aliphatic heterocycles. The van der Waals surface area contributed by atoms with Gasteiger partial charge in [-0.15, -0.1) is 11.3 Å². The Hall–Kier alpha value is -3.02. The smallest absolute Gasteiger partial charge is 0.261 e. The third-order valence-corrected chi connectivity index (χ3v) is 7.09. The second-order valence-corrected chi connectivity index (χ2v) is 9.97. The van der Waals surface area contributed by atoms with E-state index in [2.05, 4.69) is 16.0 Å². The maximum absolute atomic E-state index is 14.8. The number of nitrogens with one attached hydrogen (secondary N) is 3. The van der Waals surface area contributed by atoms with Gasteiger partial charge in [-0.05, 0) is 43.2 Å². The molecule has 1 aromatic carbocycles. The molecule has 0 unspecified atom stereocenters. The lowest BCUT2D eigenvalue weighted by Crippen LogP contribution is -2.52. The van der Waals surface area contributed by atoms with Crippen LogP contribution in [0.5, 0.6) is 0 Å². The number of thiophene rings is 1. The van der Waals surface area contributed by atoms with Gasteiger partial charge in [0.05, 0.1) is 21.5 Å². The van der Waals surface area contributed by atoms with E-state index < -0.39 is 23.7 Å². The molecule has 2 aliphatic rings. The summed E-state index contributed by atoms with van der Waals surface area (Å²) in [6, 6.07) is 6.05. The standard InChI is InChI=1S/C23H24ClFN4O5S/c24-19-7-6-18(35-19)23(33)26-11-16(28-21(31)13-2-1-3-13)22(32)27-14-4-5-17(15(25)10-14)29-8-9-34-12-20(29)30/h4-7,10,13,16H,1-3,8-9,11-12H2,(H,26,33)(H,27,32)(H,28,31)/t16-/m1/s1. The van der Waals surface area contributed by atoms with E-state index in [1.165, 1.54) is 17.0 Å². The van der Waals surface area contributed by atoms with Crippen molar-refractivity contribution in [2.45, 2.75) is 25.3 Å². The quantitative estimate of drug-likeness (QED) is 0.492. The second kappa shape index (κ2) is 11.1. The van der Waals surface area contributed by atoms with Crippen LogP contribution in [0, 0.1) is 11.7 Å². The van der Waals surface area contributed by atoms with Gasteiger partial charge < -0.3 is 25.6 Å². The fourth-order valence-corrected chi connectivity index (χ4v) is 4.65. The first kappa shape index (κ1) is 25.1. The molecule has 2 aromatic rings. The maximum Gasteiger partial charge on any atom is 0.261 e. The van der Waals surface area contributed by atoms with Gasteiger partial charge in [-0.1, -0.05) is 18.0 Å². The van der Waals surface area contributed by atoms with Crippen molar-refractivity contribution in [3.63, 3.8) is 0 Å². The summed E-state index contributed by atoms with van der Waals surface area (Å²) in [5.41, 5.74) is 0.240. The van der Waals surface area contributed by atoms with Gasteiger partial charge in [-0.2, -0.15) is 0 Å². The van der Waals surface area contributed by atoms with Gasteiger partial charge >= 0.3 is 0 Å². The topological polar surface area (TPSA) is 117 Å². The van der Waals surface area contributed by atoms with Crippen LogP contribution in [0.1, 0.15) is 28.9 Å². The first-order chi connectivity index (χ1) is 16.8. The normalized spacial score (nSPS) is 16.9. The van der Waals surface area contributed by atoms with Gasteiger partial charge in [0.2, 0.25) is 11.8 Å². The summed E-state index contributed by atoms with van der Waals surface area (Å²) in [7, 11) is 0. The van der Waals surface area contributed by atoms with Crippen LogP contribution < -0.4 is 20.9 Å². The number of rotatable bonds is 8. The number of carbonyl (C=O) groups is 4. The van der Waals surface area contributed by atoms with E-state index in [0.29, 0.717) is 15.8 Å². The van der Waals surface area contributed by atoms with Gasteiger partial charge in [-0.25, -0.2) is 4.39 Å². The van der Waals surface area contributed by atoms with Crippen molar-refractivity contribution in [3.8, 4) is 0 Å². The molecule has 1 atom stereocenters. The molecule has 1 saturated carbocycles. The van der Waals surface area contributed by atoms with E-state index in [0.717, 1.165) is 36.7 Å². The van der Waals surface area contributed by atoms with Crippen molar-refractivity contribution in [3.05, 3.63) is 45.4 Å². The average Bonchev–Trinajstić information content (AvgIpc) is 3.22. The Bertz CT molecular complexity index is 1140.